The van der Waals surface area contributed by atoms with Crippen LogP contribution in [0, 0.1) is 12.8 Å². The maximum Gasteiger partial charge on any atom is 0.276 e. The van der Waals surface area contributed by atoms with E-state index in [0.717, 1.165) is 23.3 Å². The second-order valence-corrected chi connectivity index (χ2v) is 7.82. The first-order chi connectivity index (χ1) is 12.7. The van der Waals surface area contributed by atoms with Crippen molar-refractivity contribution in [3.05, 3.63) is 40.7 Å². The predicted molar refractivity (Wildman–Crippen MR) is 95.8 cm³/mol. The Hall–Kier alpha value is -1.90. The van der Waals surface area contributed by atoms with E-state index in [-0.39, 0.29) is 18.1 Å². The standard InChI is InChI=1S/C18H22N4O3S/c1-12-17(20-21-26-12)18(23)22-6-7-25-16-9-14(8-15(16)22)11-24-10-13-2-4-19-5-3-13/h2-5,14-16H,6-11H2,1H3. The van der Waals surface area contributed by atoms with Gasteiger partial charge in [0.1, 0.15) is 0 Å². The molecule has 26 heavy (non-hydrogen) atoms. The Morgan fingerprint density at radius 3 is 3.00 bits per heavy atom. The number of ether oxygens (including phenoxy) is 2. The Labute approximate surface area is 156 Å². The summed E-state index contributed by atoms with van der Waals surface area (Å²) in [6.07, 6.45) is 5.47. The molecule has 1 amide bonds. The molecule has 1 saturated carbocycles. The number of aryl methyl sites for hydroxylation is 1. The van der Waals surface area contributed by atoms with Gasteiger partial charge in [-0.15, -0.1) is 5.10 Å². The molecule has 7 nitrogen and oxygen atoms in total. The lowest BCUT2D eigenvalue weighted by Gasteiger charge is -2.37. The number of amides is 1. The molecule has 0 aromatic carbocycles. The summed E-state index contributed by atoms with van der Waals surface area (Å²) in [4.78, 5) is 19.7. The molecule has 3 heterocycles. The zero-order valence-electron chi connectivity index (χ0n) is 14.7. The quantitative estimate of drug-likeness (QED) is 0.797. The molecule has 4 rings (SSSR count). The number of fused-ring (bicyclic) bond motifs is 1. The predicted octanol–water partition coefficient (Wildman–Crippen LogP) is 2.08. The van der Waals surface area contributed by atoms with Gasteiger partial charge in [-0.25, -0.2) is 0 Å². The van der Waals surface area contributed by atoms with Crippen LogP contribution in [0.1, 0.15) is 33.8 Å². The summed E-state index contributed by atoms with van der Waals surface area (Å²) in [5.41, 5.74) is 1.60. The van der Waals surface area contributed by atoms with Crippen molar-refractivity contribution in [3.8, 4) is 0 Å². The molecule has 3 unspecified atom stereocenters. The van der Waals surface area contributed by atoms with E-state index in [1.165, 1.54) is 11.5 Å². The molecule has 0 spiro atoms. The fourth-order valence-electron chi connectivity index (χ4n) is 3.83. The van der Waals surface area contributed by atoms with Gasteiger partial charge < -0.3 is 14.4 Å². The first-order valence-corrected chi connectivity index (χ1v) is 9.68. The van der Waals surface area contributed by atoms with Crippen LogP contribution in [-0.2, 0) is 16.1 Å². The summed E-state index contributed by atoms with van der Waals surface area (Å²) in [6, 6.07) is 4.02. The van der Waals surface area contributed by atoms with Gasteiger partial charge in [0.15, 0.2) is 5.69 Å². The fourth-order valence-corrected chi connectivity index (χ4v) is 4.29. The molecule has 2 aliphatic rings. The van der Waals surface area contributed by atoms with Crippen LogP contribution in [0.5, 0.6) is 0 Å². The monoisotopic (exact) mass is 374 g/mol. The number of pyridine rings is 1. The smallest absolute Gasteiger partial charge is 0.276 e. The van der Waals surface area contributed by atoms with Gasteiger partial charge in [0.2, 0.25) is 0 Å². The normalized spacial score (nSPS) is 25.3. The first kappa shape index (κ1) is 17.5. The molecule has 2 aromatic heterocycles. The molecular weight excluding hydrogens is 352 g/mol. The summed E-state index contributed by atoms with van der Waals surface area (Å²) in [6.45, 7) is 4.34. The molecule has 8 heteroatoms. The lowest BCUT2D eigenvalue weighted by Crippen LogP contribution is -2.51. The average Bonchev–Trinajstić information content (AvgIpc) is 3.27. The topological polar surface area (TPSA) is 77.4 Å². The van der Waals surface area contributed by atoms with Crippen molar-refractivity contribution >= 4 is 17.4 Å². The highest BCUT2D eigenvalue weighted by molar-refractivity contribution is 7.05. The van der Waals surface area contributed by atoms with E-state index in [1.807, 2.05) is 24.0 Å². The SMILES string of the molecule is Cc1snnc1C(=O)N1CCOC2CC(COCc3ccncc3)CC21. The maximum absolute atomic E-state index is 12.9. The molecule has 0 bridgehead atoms. The molecular formula is C18H22N4O3S. The molecule has 1 saturated heterocycles. The second kappa shape index (κ2) is 7.77. The number of carbonyl (C=O) groups excluding carboxylic acids is 1. The Morgan fingerprint density at radius 2 is 2.23 bits per heavy atom. The van der Waals surface area contributed by atoms with Gasteiger partial charge in [0.05, 0.1) is 36.8 Å². The van der Waals surface area contributed by atoms with Crippen molar-refractivity contribution in [1.29, 1.82) is 0 Å². The van der Waals surface area contributed by atoms with Crippen LogP contribution in [0.4, 0.5) is 0 Å². The average molecular weight is 374 g/mol. The van der Waals surface area contributed by atoms with Gasteiger partial charge in [-0.2, -0.15) is 0 Å². The first-order valence-electron chi connectivity index (χ1n) is 8.90. The number of hydrogen-bond acceptors (Lipinski definition) is 7. The lowest BCUT2D eigenvalue weighted by atomic mass is 10.1. The Balaban J connectivity index is 1.35. The summed E-state index contributed by atoms with van der Waals surface area (Å²) in [5.74, 6) is 0.378. The van der Waals surface area contributed by atoms with Crippen molar-refractivity contribution < 1.29 is 14.3 Å². The summed E-state index contributed by atoms with van der Waals surface area (Å²) < 4.78 is 15.7. The van der Waals surface area contributed by atoms with E-state index in [9.17, 15) is 4.79 Å². The minimum Gasteiger partial charge on any atom is -0.376 e. The molecule has 2 fully saturated rings. The molecule has 138 valence electrons. The van der Waals surface area contributed by atoms with Crippen LogP contribution in [-0.4, -0.2) is 57.3 Å². The van der Waals surface area contributed by atoms with Crippen LogP contribution >= 0.6 is 11.5 Å². The zero-order valence-corrected chi connectivity index (χ0v) is 15.5. The van der Waals surface area contributed by atoms with Gasteiger partial charge in [0, 0.05) is 18.9 Å². The van der Waals surface area contributed by atoms with Gasteiger partial charge in [-0.3, -0.25) is 9.78 Å². The molecule has 2 aromatic rings. The van der Waals surface area contributed by atoms with Crippen molar-refractivity contribution in [2.24, 2.45) is 5.92 Å². The second-order valence-electron chi connectivity index (χ2n) is 6.86. The zero-order chi connectivity index (χ0) is 17.9. The Bertz CT molecular complexity index is 754. The van der Waals surface area contributed by atoms with Crippen LogP contribution in [0.15, 0.2) is 24.5 Å². The minimum absolute atomic E-state index is 0.0205. The lowest BCUT2D eigenvalue weighted by molar-refractivity contribution is -0.0452. The third kappa shape index (κ3) is 3.62. The number of nitrogens with zero attached hydrogens (tertiary/aromatic N) is 4. The van der Waals surface area contributed by atoms with Crippen LogP contribution in [0.25, 0.3) is 0 Å². The van der Waals surface area contributed by atoms with E-state index in [0.29, 0.717) is 38.0 Å². The van der Waals surface area contributed by atoms with Gasteiger partial charge in [-0.05, 0) is 54.9 Å². The van der Waals surface area contributed by atoms with Gasteiger partial charge in [-0.1, -0.05) is 4.49 Å². The number of hydrogen-bond donors (Lipinski definition) is 0. The van der Waals surface area contributed by atoms with E-state index < -0.39 is 0 Å². The Morgan fingerprint density at radius 1 is 1.38 bits per heavy atom. The highest BCUT2D eigenvalue weighted by Crippen LogP contribution is 2.35. The van der Waals surface area contributed by atoms with Crippen molar-refractivity contribution in [3.63, 3.8) is 0 Å². The summed E-state index contributed by atoms with van der Waals surface area (Å²) in [7, 11) is 0. The molecule has 3 atom stereocenters. The number of rotatable bonds is 5. The van der Waals surface area contributed by atoms with E-state index in [1.54, 1.807) is 12.4 Å². The van der Waals surface area contributed by atoms with Gasteiger partial charge in [0.25, 0.3) is 5.91 Å². The minimum atomic E-state index is -0.0205. The van der Waals surface area contributed by atoms with Crippen molar-refractivity contribution in [2.45, 2.75) is 38.5 Å². The van der Waals surface area contributed by atoms with Gasteiger partial charge >= 0.3 is 0 Å². The van der Waals surface area contributed by atoms with Crippen LogP contribution in [0.3, 0.4) is 0 Å². The van der Waals surface area contributed by atoms with Crippen LogP contribution in [0.2, 0.25) is 0 Å². The molecule has 1 aliphatic carbocycles. The fraction of sp³-hybridized carbons (Fsp3) is 0.556. The molecule has 1 aliphatic heterocycles. The van der Waals surface area contributed by atoms with E-state index >= 15 is 0 Å². The molecule has 0 radical (unpaired) electrons. The summed E-state index contributed by atoms with van der Waals surface area (Å²) >= 11 is 1.27. The maximum atomic E-state index is 12.9. The highest BCUT2D eigenvalue weighted by Gasteiger charge is 2.43. The number of carbonyl (C=O) groups is 1. The highest BCUT2D eigenvalue weighted by atomic mass is 32.1. The van der Waals surface area contributed by atoms with Crippen molar-refractivity contribution in [2.75, 3.05) is 19.8 Å². The molecule has 0 N–H and O–H groups in total. The largest absolute Gasteiger partial charge is 0.376 e. The number of aromatic nitrogens is 3. The summed E-state index contributed by atoms with van der Waals surface area (Å²) in [5, 5.41) is 4.01. The van der Waals surface area contributed by atoms with E-state index in [2.05, 4.69) is 14.6 Å². The van der Waals surface area contributed by atoms with Crippen molar-refractivity contribution in [1.82, 2.24) is 19.5 Å². The third-order valence-electron chi connectivity index (χ3n) is 5.12. The van der Waals surface area contributed by atoms with Crippen LogP contribution < -0.4 is 0 Å². The number of morpholine rings is 1. The van der Waals surface area contributed by atoms with E-state index in [4.69, 9.17) is 9.47 Å². The third-order valence-corrected chi connectivity index (χ3v) is 5.75. The Kier molecular flexibility index (Phi) is 5.23.